The van der Waals surface area contributed by atoms with E-state index in [1.807, 2.05) is 6.92 Å². The molecule has 0 heterocycles. The molecule has 1 nitrogen and oxygen atoms in total. The fourth-order valence-electron chi connectivity index (χ4n) is 2.35. The van der Waals surface area contributed by atoms with Crippen LogP contribution in [0.4, 0.5) is 0 Å². The molecular weight excluding hydrogens is 206 g/mol. The third kappa shape index (κ3) is 4.24. The van der Waals surface area contributed by atoms with E-state index in [4.69, 9.17) is 0 Å². The summed E-state index contributed by atoms with van der Waals surface area (Å²) < 4.78 is 0. The summed E-state index contributed by atoms with van der Waals surface area (Å²) in [4.78, 5) is 0. The molecule has 0 amide bonds. The van der Waals surface area contributed by atoms with Crippen LogP contribution in [-0.4, -0.2) is 13.1 Å². The molecule has 0 bridgehead atoms. The summed E-state index contributed by atoms with van der Waals surface area (Å²) in [5.41, 5.74) is 1.43. The molecule has 0 saturated carbocycles. The first-order valence-corrected chi connectivity index (χ1v) is 6.45. The molecule has 0 fully saturated rings. The number of nitrogens with one attached hydrogen (secondary N) is 1. The van der Waals surface area contributed by atoms with Gasteiger partial charge in [0.25, 0.3) is 0 Å². The topological polar surface area (TPSA) is 12.0 Å². The van der Waals surface area contributed by atoms with E-state index in [-0.39, 0.29) is 0 Å². The Morgan fingerprint density at radius 2 is 1.94 bits per heavy atom. The molecule has 0 aliphatic carbocycles. The van der Waals surface area contributed by atoms with Gasteiger partial charge in [-0.25, -0.2) is 0 Å². The third-order valence-corrected chi connectivity index (χ3v) is 3.28. The van der Waals surface area contributed by atoms with Crippen molar-refractivity contribution in [2.45, 2.75) is 45.1 Å². The van der Waals surface area contributed by atoms with Crippen LogP contribution in [0.5, 0.6) is 0 Å². The Morgan fingerprint density at radius 1 is 1.24 bits per heavy atom. The molecule has 1 rings (SSSR count). The largest absolute Gasteiger partial charge is 0.316 e. The first-order chi connectivity index (χ1) is 8.33. The van der Waals surface area contributed by atoms with Crippen molar-refractivity contribution in [2.24, 2.45) is 0 Å². The van der Waals surface area contributed by atoms with E-state index >= 15 is 0 Å². The number of benzene rings is 1. The van der Waals surface area contributed by atoms with Crippen LogP contribution >= 0.6 is 0 Å². The van der Waals surface area contributed by atoms with E-state index in [9.17, 15) is 0 Å². The summed E-state index contributed by atoms with van der Waals surface area (Å²) in [5.74, 6) is 6.70. The molecule has 2 unspecified atom stereocenters. The minimum atomic E-state index is 0.517. The van der Waals surface area contributed by atoms with Gasteiger partial charge in [-0.05, 0) is 38.3 Å². The molecular formula is C16H23N. The highest BCUT2D eigenvalue weighted by atomic mass is 14.9. The van der Waals surface area contributed by atoms with Crippen LogP contribution in [0.3, 0.4) is 0 Å². The zero-order valence-electron chi connectivity index (χ0n) is 11.2. The molecule has 2 atom stereocenters. The predicted molar refractivity (Wildman–Crippen MR) is 75.0 cm³/mol. The van der Waals surface area contributed by atoms with Crippen LogP contribution in [0.2, 0.25) is 0 Å². The fourth-order valence-corrected chi connectivity index (χ4v) is 2.35. The van der Waals surface area contributed by atoms with Gasteiger partial charge in [0.1, 0.15) is 0 Å². The normalized spacial score (nSPS) is 13.6. The van der Waals surface area contributed by atoms with Crippen molar-refractivity contribution in [1.82, 2.24) is 5.32 Å². The highest BCUT2D eigenvalue weighted by Crippen LogP contribution is 2.25. The molecule has 0 radical (unpaired) electrons. The van der Waals surface area contributed by atoms with Crippen molar-refractivity contribution in [3.8, 4) is 11.8 Å². The molecule has 0 spiro atoms. The van der Waals surface area contributed by atoms with Gasteiger partial charge >= 0.3 is 0 Å². The van der Waals surface area contributed by atoms with Crippen molar-refractivity contribution < 1.29 is 0 Å². The number of likely N-dealkylation sites (N-methyl/N-ethyl adjacent to an activating group) is 1. The average molecular weight is 229 g/mol. The van der Waals surface area contributed by atoms with Gasteiger partial charge in [-0.15, -0.1) is 11.8 Å². The van der Waals surface area contributed by atoms with Gasteiger partial charge in [0.2, 0.25) is 0 Å². The summed E-state index contributed by atoms with van der Waals surface area (Å²) in [7, 11) is 2.05. The summed E-state index contributed by atoms with van der Waals surface area (Å²) in [6, 6.07) is 11.3. The van der Waals surface area contributed by atoms with E-state index < -0.39 is 0 Å². The highest BCUT2D eigenvalue weighted by molar-refractivity contribution is 5.21. The van der Waals surface area contributed by atoms with Gasteiger partial charge in [0.15, 0.2) is 0 Å². The zero-order valence-corrected chi connectivity index (χ0v) is 11.2. The minimum Gasteiger partial charge on any atom is -0.316 e. The van der Waals surface area contributed by atoms with Crippen LogP contribution in [0.15, 0.2) is 30.3 Å². The Labute approximate surface area is 106 Å². The number of hydrogen-bond donors (Lipinski definition) is 1. The van der Waals surface area contributed by atoms with Gasteiger partial charge < -0.3 is 5.32 Å². The Kier molecular flexibility index (Phi) is 6.43. The third-order valence-electron chi connectivity index (χ3n) is 3.28. The van der Waals surface area contributed by atoms with Crippen molar-refractivity contribution in [3.63, 3.8) is 0 Å². The average Bonchev–Trinajstić information content (AvgIpc) is 2.39. The van der Waals surface area contributed by atoms with Crippen LogP contribution in [-0.2, 0) is 0 Å². The van der Waals surface area contributed by atoms with Crippen molar-refractivity contribution in [2.75, 3.05) is 7.05 Å². The molecule has 17 heavy (non-hydrogen) atoms. The van der Waals surface area contributed by atoms with Gasteiger partial charge in [-0.1, -0.05) is 37.3 Å². The molecule has 92 valence electrons. The Bertz CT molecular complexity index is 358. The van der Waals surface area contributed by atoms with E-state index in [2.05, 4.69) is 61.5 Å². The summed E-state index contributed by atoms with van der Waals surface area (Å²) >= 11 is 0. The second-order valence-electron chi connectivity index (χ2n) is 4.29. The number of hydrogen-bond acceptors (Lipinski definition) is 1. The Balaban J connectivity index is 2.72. The maximum atomic E-state index is 3.44. The van der Waals surface area contributed by atoms with E-state index in [1.54, 1.807) is 0 Å². The fraction of sp³-hybridized carbons (Fsp3) is 0.500. The lowest BCUT2D eigenvalue weighted by atomic mass is 9.87. The lowest BCUT2D eigenvalue weighted by molar-refractivity contribution is 0.430. The van der Waals surface area contributed by atoms with Gasteiger partial charge in [0.05, 0.1) is 0 Å². The molecule has 0 aromatic heterocycles. The zero-order chi connectivity index (χ0) is 12.5. The molecule has 0 aliphatic heterocycles. The molecule has 0 saturated heterocycles. The second-order valence-corrected chi connectivity index (χ2v) is 4.29. The first-order valence-electron chi connectivity index (χ1n) is 6.45. The minimum absolute atomic E-state index is 0.517. The molecule has 0 aliphatic rings. The van der Waals surface area contributed by atoms with Crippen LogP contribution in [0.25, 0.3) is 0 Å². The summed E-state index contributed by atoms with van der Waals surface area (Å²) in [6.07, 6.45) is 3.26. The van der Waals surface area contributed by atoms with E-state index in [0.29, 0.717) is 12.0 Å². The summed E-state index contributed by atoms with van der Waals surface area (Å²) in [6.45, 7) is 4.16. The van der Waals surface area contributed by atoms with Crippen molar-refractivity contribution >= 4 is 0 Å². The number of rotatable bonds is 6. The van der Waals surface area contributed by atoms with Gasteiger partial charge in [-0.2, -0.15) is 0 Å². The SMILES string of the molecule is CC#CCCC(NC)C(CC)c1ccccc1. The van der Waals surface area contributed by atoms with Crippen LogP contribution in [0.1, 0.15) is 44.6 Å². The Morgan fingerprint density at radius 3 is 2.47 bits per heavy atom. The lowest BCUT2D eigenvalue weighted by Gasteiger charge is -2.26. The Hall–Kier alpha value is -1.26. The molecule has 1 aromatic rings. The van der Waals surface area contributed by atoms with Crippen molar-refractivity contribution in [1.29, 1.82) is 0 Å². The monoisotopic (exact) mass is 229 g/mol. The first kappa shape index (κ1) is 13.8. The van der Waals surface area contributed by atoms with Crippen LogP contribution < -0.4 is 5.32 Å². The summed E-state index contributed by atoms with van der Waals surface area (Å²) in [5, 5.41) is 3.44. The highest BCUT2D eigenvalue weighted by Gasteiger charge is 2.19. The molecule has 1 heteroatoms. The molecule has 1 N–H and O–H groups in total. The lowest BCUT2D eigenvalue weighted by Crippen LogP contribution is -2.31. The predicted octanol–water partition coefficient (Wildman–Crippen LogP) is 3.57. The maximum absolute atomic E-state index is 3.44. The van der Waals surface area contributed by atoms with E-state index in [1.165, 1.54) is 5.56 Å². The van der Waals surface area contributed by atoms with Gasteiger partial charge in [0, 0.05) is 12.5 Å². The van der Waals surface area contributed by atoms with Gasteiger partial charge in [-0.3, -0.25) is 0 Å². The van der Waals surface area contributed by atoms with Crippen molar-refractivity contribution in [3.05, 3.63) is 35.9 Å². The molecule has 1 aromatic carbocycles. The maximum Gasteiger partial charge on any atom is 0.0142 e. The standard InChI is InChI=1S/C16H23N/c1-4-6-8-13-16(17-3)15(5-2)14-11-9-7-10-12-14/h7,9-12,15-17H,5,8,13H2,1-3H3. The smallest absolute Gasteiger partial charge is 0.0142 e. The van der Waals surface area contributed by atoms with E-state index in [0.717, 1.165) is 19.3 Å². The van der Waals surface area contributed by atoms with Crippen LogP contribution in [0, 0.1) is 11.8 Å². The quantitative estimate of drug-likeness (QED) is 0.735. The second kappa shape index (κ2) is 7.92.